The maximum absolute atomic E-state index is 9.59. The van der Waals surface area contributed by atoms with E-state index in [1.54, 1.807) is 17.4 Å². The highest BCUT2D eigenvalue weighted by atomic mass is 32.1. The molecule has 0 radical (unpaired) electrons. The molecule has 1 aromatic heterocycles. The fourth-order valence-electron chi connectivity index (χ4n) is 0.527. The minimum atomic E-state index is 1.08. The van der Waals surface area contributed by atoms with Crippen LogP contribution < -0.4 is 0 Å². The molecule has 0 saturated carbocycles. The van der Waals surface area contributed by atoms with Gasteiger partial charge in [0, 0.05) is 11.1 Å². The molecule has 0 aliphatic carbocycles. The van der Waals surface area contributed by atoms with Crippen LogP contribution in [0.25, 0.3) is 6.08 Å². The van der Waals surface area contributed by atoms with E-state index in [0.717, 1.165) is 4.88 Å². The van der Waals surface area contributed by atoms with Crippen LogP contribution in [0.15, 0.2) is 28.7 Å². The van der Waals surface area contributed by atoms with Crippen molar-refractivity contribution in [2.75, 3.05) is 0 Å². The van der Waals surface area contributed by atoms with Crippen LogP contribution in [-0.4, -0.2) is 6.08 Å². The summed E-state index contributed by atoms with van der Waals surface area (Å²) in [6.07, 6.45) is 4.61. The second kappa shape index (κ2) is 3.77. The van der Waals surface area contributed by atoms with E-state index in [2.05, 4.69) is 4.99 Å². The van der Waals surface area contributed by atoms with Crippen molar-refractivity contribution < 1.29 is 4.79 Å². The third kappa shape index (κ3) is 1.97. The normalized spacial score (nSPS) is 9.60. The molecule has 1 rings (SSSR count). The predicted octanol–water partition coefficient (Wildman–Crippen LogP) is 2.05. The molecule has 0 unspecified atom stereocenters. The highest BCUT2D eigenvalue weighted by Gasteiger charge is 1.81. The molecule has 0 N–H and O–H groups in total. The number of hydrogen-bond donors (Lipinski definition) is 0. The number of carbonyl (C=O) groups excluding carboxylic acids is 1. The molecule has 0 aliphatic heterocycles. The first-order chi connectivity index (χ1) is 4.93. The summed E-state index contributed by atoms with van der Waals surface area (Å²) in [4.78, 5) is 13.9. The Morgan fingerprint density at radius 2 is 2.60 bits per heavy atom. The van der Waals surface area contributed by atoms with Gasteiger partial charge < -0.3 is 0 Å². The number of nitrogens with zero attached hydrogens (tertiary/aromatic N) is 1. The largest absolute Gasteiger partial charge is 0.239 e. The van der Waals surface area contributed by atoms with Gasteiger partial charge >= 0.3 is 0 Å². The smallest absolute Gasteiger partial charge is 0.211 e. The van der Waals surface area contributed by atoms with E-state index in [4.69, 9.17) is 0 Å². The van der Waals surface area contributed by atoms with Gasteiger partial charge in [0.2, 0.25) is 6.08 Å². The zero-order chi connectivity index (χ0) is 7.23. The maximum Gasteiger partial charge on any atom is 0.239 e. The van der Waals surface area contributed by atoms with Crippen LogP contribution in [0.1, 0.15) is 4.88 Å². The van der Waals surface area contributed by atoms with E-state index in [0.29, 0.717) is 0 Å². The van der Waals surface area contributed by atoms with Gasteiger partial charge in [-0.05, 0) is 17.5 Å². The van der Waals surface area contributed by atoms with Crippen molar-refractivity contribution in [3.8, 4) is 0 Å². The zero-order valence-electron chi connectivity index (χ0n) is 5.15. The minimum absolute atomic E-state index is 1.08. The molecule has 0 amide bonds. The molecule has 10 heavy (non-hydrogen) atoms. The van der Waals surface area contributed by atoms with E-state index in [1.807, 2.05) is 17.5 Å². The molecule has 0 bridgehead atoms. The fourth-order valence-corrected chi connectivity index (χ4v) is 1.14. The van der Waals surface area contributed by atoms with E-state index in [1.165, 1.54) is 12.3 Å². The lowest BCUT2D eigenvalue weighted by molar-refractivity contribution is 0.565. The standard InChI is InChI=1S/C7H5NOS/c9-6-8-4-3-7-2-1-5-10-7/h1-5H/b4-3+. The van der Waals surface area contributed by atoms with Gasteiger partial charge in [0.1, 0.15) is 0 Å². The predicted molar refractivity (Wildman–Crippen MR) is 41.5 cm³/mol. The Morgan fingerprint density at radius 3 is 3.20 bits per heavy atom. The Morgan fingerprint density at radius 1 is 1.70 bits per heavy atom. The van der Waals surface area contributed by atoms with Crippen LogP contribution in [-0.2, 0) is 4.79 Å². The molecule has 0 atom stereocenters. The highest BCUT2D eigenvalue weighted by molar-refractivity contribution is 7.10. The van der Waals surface area contributed by atoms with E-state index >= 15 is 0 Å². The van der Waals surface area contributed by atoms with Crippen LogP contribution in [0.5, 0.6) is 0 Å². The summed E-state index contributed by atoms with van der Waals surface area (Å²) in [5.41, 5.74) is 0. The average molecular weight is 151 g/mol. The number of thiophene rings is 1. The lowest BCUT2D eigenvalue weighted by Gasteiger charge is -1.75. The van der Waals surface area contributed by atoms with Crippen molar-refractivity contribution in [1.29, 1.82) is 0 Å². The third-order valence-corrected chi connectivity index (χ3v) is 1.75. The van der Waals surface area contributed by atoms with Gasteiger partial charge in [0.25, 0.3) is 0 Å². The van der Waals surface area contributed by atoms with Crippen LogP contribution in [0.3, 0.4) is 0 Å². The summed E-state index contributed by atoms with van der Waals surface area (Å²) in [6, 6.07) is 3.89. The molecule has 0 spiro atoms. The Balaban J connectivity index is 2.63. The average Bonchev–Trinajstić information content (AvgIpc) is 2.41. The van der Waals surface area contributed by atoms with Crippen LogP contribution in [0.2, 0.25) is 0 Å². The molecule has 1 aromatic rings. The molecule has 1 heterocycles. The van der Waals surface area contributed by atoms with Crippen molar-refractivity contribution in [2.24, 2.45) is 4.99 Å². The fraction of sp³-hybridized carbons (Fsp3) is 0. The molecule has 2 nitrogen and oxygen atoms in total. The Kier molecular flexibility index (Phi) is 2.62. The molecule has 0 saturated heterocycles. The van der Waals surface area contributed by atoms with Crippen molar-refractivity contribution in [3.05, 3.63) is 28.6 Å². The van der Waals surface area contributed by atoms with Crippen LogP contribution in [0.4, 0.5) is 0 Å². The van der Waals surface area contributed by atoms with Gasteiger partial charge in [-0.1, -0.05) is 6.07 Å². The van der Waals surface area contributed by atoms with E-state index < -0.39 is 0 Å². The van der Waals surface area contributed by atoms with Gasteiger partial charge in [0.15, 0.2) is 0 Å². The molecular weight excluding hydrogens is 146 g/mol. The quantitative estimate of drug-likeness (QED) is 0.470. The lowest BCUT2D eigenvalue weighted by atomic mass is 10.5. The van der Waals surface area contributed by atoms with Crippen molar-refractivity contribution in [2.45, 2.75) is 0 Å². The number of hydrogen-bond acceptors (Lipinski definition) is 3. The number of rotatable bonds is 2. The molecule has 0 aromatic carbocycles. The minimum Gasteiger partial charge on any atom is -0.211 e. The summed E-state index contributed by atoms with van der Waals surface area (Å²) in [5, 5.41) is 1.96. The Bertz CT molecular complexity index is 257. The topological polar surface area (TPSA) is 29.4 Å². The number of isocyanates is 1. The van der Waals surface area contributed by atoms with Crippen LogP contribution >= 0.6 is 11.3 Å². The Hall–Kier alpha value is -1.18. The monoisotopic (exact) mass is 151 g/mol. The SMILES string of the molecule is O=C=N/C=C/c1cccs1. The molecule has 3 heteroatoms. The second-order valence-electron chi connectivity index (χ2n) is 1.55. The molecule has 0 aliphatic rings. The first-order valence-electron chi connectivity index (χ1n) is 2.70. The second-order valence-corrected chi connectivity index (χ2v) is 2.53. The summed E-state index contributed by atoms with van der Waals surface area (Å²) in [6.45, 7) is 0. The summed E-state index contributed by atoms with van der Waals surface area (Å²) >= 11 is 1.60. The van der Waals surface area contributed by atoms with Crippen molar-refractivity contribution in [1.82, 2.24) is 0 Å². The van der Waals surface area contributed by atoms with Crippen LogP contribution in [0, 0.1) is 0 Å². The van der Waals surface area contributed by atoms with Gasteiger partial charge in [0.05, 0.1) is 0 Å². The van der Waals surface area contributed by atoms with Crippen molar-refractivity contribution in [3.63, 3.8) is 0 Å². The van der Waals surface area contributed by atoms with Crippen molar-refractivity contribution >= 4 is 23.5 Å². The van der Waals surface area contributed by atoms with Gasteiger partial charge in [-0.15, -0.1) is 11.3 Å². The zero-order valence-corrected chi connectivity index (χ0v) is 5.97. The van der Waals surface area contributed by atoms with Gasteiger partial charge in [-0.2, -0.15) is 4.99 Å². The summed E-state index contributed by atoms with van der Waals surface area (Å²) in [7, 11) is 0. The third-order valence-electron chi connectivity index (χ3n) is 0.909. The van der Waals surface area contributed by atoms with Gasteiger partial charge in [-0.25, -0.2) is 4.79 Å². The molecule has 50 valence electrons. The van der Waals surface area contributed by atoms with E-state index in [-0.39, 0.29) is 0 Å². The molecule has 0 fully saturated rings. The highest BCUT2D eigenvalue weighted by Crippen LogP contribution is 2.09. The molecular formula is C7H5NOS. The first kappa shape index (κ1) is 6.93. The lowest BCUT2D eigenvalue weighted by Crippen LogP contribution is -1.53. The number of aliphatic imine (C=N–C) groups is 1. The first-order valence-corrected chi connectivity index (χ1v) is 3.58. The van der Waals surface area contributed by atoms with E-state index in [9.17, 15) is 4.79 Å². The van der Waals surface area contributed by atoms with Gasteiger partial charge in [-0.3, -0.25) is 0 Å². The summed E-state index contributed by atoms with van der Waals surface area (Å²) in [5.74, 6) is 0. The summed E-state index contributed by atoms with van der Waals surface area (Å²) < 4.78 is 0. The maximum atomic E-state index is 9.59. The Labute approximate surface area is 62.5 Å².